The molecule has 0 radical (unpaired) electrons. The molecule has 0 saturated carbocycles. The zero-order valence-electron chi connectivity index (χ0n) is 15.1. The van der Waals surface area contributed by atoms with Gasteiger partial charge in [-0.25, -0.2) is 0 Å². The first-order valence-electron chi connectivity index (χ1n) is 2.00. The van der Waals surface area contributed by atoms with Crippen LogP contribution in [-0.2, 0) is 70.6 Å². The van der Waals surface area contributed by atoms with Gasteiger partial charge in [0.1, 0.15) is 0 Å². The van der Waals surface area contributed by atoms with Crippen LogP contribution in [0, 0.1) is 0 Å². The molecule has 0 aliphatic rings. The van der Waals surface area contributed by atoms with Crippen molar-refractivity contribution in [3.63, 3.8) is 0 Å². The summed E-state index contributed by atoms with van der Waals surface area (Å²) in [7, 11) is 0. The third kappa shape index (κ3) is 726000. The van der Waals surface area contributed by atoms with E-state index in [2.05, 4.69) is 0 Å². The number of rotatable bonds is 0. The van der Waals surface area contributed by atoms with Crippen LogP contribution >= 0.6 is 0 Å². The van der Waals surface area contributed by atoms with Crippen LogP contribution in [0.2, 0.25) is 0 Å². The molecule has 24 nitrogen and oxygen atoms in total. The molecule has 0 saturated heterocycles. The fourth-order valence-corrected chi connectivity index (χ4v) is 0. The van der Waals surface area contributed by atoms with Gasteiger partial charge in [0.05, 0.1) is 0 Å². The summed E-state index contributed by atoms with van der Waals surface area (Å²) in [5.41, 5.74) is 0. The van der Waals surface area contributed by atoms with Gasteiger partial charge in [-0.3, -0.25) is 0 Å². The van der Waals surface area contributed by atoms with Gasteiger partial charge in [-0.05, 0) is 0 Å². The molecule has 192 valence electrons. The van der Waals surface area contributed by atoms with E-state index in [0.717, 1.165) is 0 Å². The molecule has 0 bridgehead atoms. The fraction of sp³-hybridized carbons (Fsp3) is 0. The number of quaternary nitrogens is 6. The Morgan fingerprint density at radius 2 is 0.296 bits per heavy atom. The van der Waals surface area contributed by atoms with Gasteiger partial charge >= 0.3 is 93.2 Å². The van der Waals surface area contributed by atoms with Gasteiger partial charge in [0, 0.05) is 0 Å². The third-order valence-electron chi connectivity index (χ3n) is 0. The molecule has 0 spiro atoms. The molecular weight excluding hydrogens is 924 g/mol. The van der Waals surface area contributed by atoms with E-state index in [1.54, 1.807) is 0 Å². The summed E-state index contributed by atoms with van der Waals surface area (Å²) in [6, 6.07) is 0. The molecule has 0 fully saturated rings. The molecule has 0 amide bonds. The summed E-state index contributed by atoms with van der Waals surface area (Å²) in [6.45, 7) is 0. The summed E-state index contributed by atoms with van der Waals surface area (Å²) >= 11 is -18.5. The summed E-state index contributed by atoms with van der Waals surface area (Å²) in [5.74, 6) is 0. The average molecular weight is 960 g/mol. The van der Waals surface area contributed by atoms with E-state index < -0.39 is 50.2 Å². The average Bonchev–Trinajstić information content (AvgIpc) is 1.41. The van der Waals surface area contributed by atoms with Crippen molar-refractivity contribution in [1.29, 1.82) is 0 Å². The molecule has 0 unspecified atom stereocenters. The van der Waals surface area contributed by atoms with Gasteiger partial charge in [0.25, 0.3) is 0 Å². The van der Waals surface area contributed by atoms with Gasteiger partial charge < -0.3 is 69.8 Å². The second kappa shape index (κ2) is 50.2. The van der Waals surface area contributed by atoms with Crippen molar-refractivity contribution in [3.8, 4) is 0 Å². The Labute approximate surface area is 162 Å². The Morgan fingerprint density at radius 1 is 0.296 bits per heavy atom. The Morgan fingerprint density at radius 3 is 0.296 bits per heavy atom. The minimum absolute atomic E-state index is 0. The standard InChI is InChI=1S/6H3N.6H2O.12O.3W/h6*1H3;6*1H2;;;;;;;;;;;;;;;/q;;;;;;;;;;;;;;;;;;6*-1;;;/p+6. The Balaban J connectivity index is -0.00000000503. The van der Waals surface area contributed by atoms with Crippen LogP contribution in [0.4, 0.5) is 0 Å². The molecule has 0 aromatic carbocycles. The zero-order valence-corrected chi connectivity index (χ0v) is 23.9. The molecule has 0 heterocycles. The van der Waals surface area contributed by atoms with Crippen molar-refractivity contribution in [3.05, 3.63) is 0 Å². The molecule has 0 aliphatic carbocycles. The van der Waals surface area contributed by atoms with Crippen LogP contribution in [0.25, 0.3) is 0 Å². The topological polar surface area (TPSA) is 649 Å². The second-order valence-corrected chi connectivity index (χ2v) is 10.0. The number of hydrogen-bond acceptors (Lipinski definition) is 12. The van der Waals surface area contributed by atoms with Gasteiger partial charge in [-0.2, -0.15) is 0 Å². The fourth-order valence-electron chi connectivity index (χ4n) is 0. The molecule has 0 aromatic rings. The van der Waals surface area contributed by atoms with Crippen LogP contribution in [-0.4, -0.2) is 32.9 Å². The van der Waals surface area contributed by atoms with Crippen molar-refractivity contribution < 1.29 is 126 Å². The first-order chi connectivity index (χ1) is 6.00. The van der Waals surface area contributed by atoms with Crippen LogP contribution in [0.5, 0.6) is 0 Å². The number of hydrogen-bond donors (Lipinski definition) is 6. The quantitative estimate of drug-likeness (QED) is 0.132. The molecule has 27 heavy (non-hydrogen) atoms. The van der Waals surface area contributed by atoms with E-state index in [-0.39, 0.29) is 69.8 Å². The molecule has 27 heteroatoms. The minimum atomic E-state index is -6.17. The molecule has 0 atom stereocenters. The van der Waals surface area contributed by atoms with E-state index in [4.69, 9.17) is 42.9 Å². The van der Waals surface area contributed by atoms with E-state index in [1.165, 1.54) is 0 Å². The summed E-state index contributed by atoms with van der Waals surface area (Å²) < 4.78 is 104. The maximum atomic E-state index is 8.65. The first-order valence-corrected chi connectivity index (χ1v) is 16.4. The van der Waals surface area contributed by atoms with Crippen LogP contribution in [0.15, 0.2) is 0 Å². The predicted molar refractivity (Wildman–Crippen MR) is 61.7 cm³/mol. The molecule has 0 rings (SSSR count). The zero-order chi connectivity index (χ0) is 13.5. The van der Waals surface area contributed by atoms with Gasteiger partial charge in [0.15, 0.2) is 0 Å². The Kier molecular flexibility index (Phi) is 234. The van der Waals surface area contributed by atoms with Crippen LogP contribution in [0.3, 0.4) is 0 Å². The monoisotopic (exact) mass is 960 g/mol. The van der Waals surface area contributed by atoms with Crippen molar-refractivity contribution in [2.24, 2.45) is 0 Å². The van der Waals surface area contributed by atoms with E-state index in [0.29, 0.717) is 0 Å². The first kappa shape index (κ1) is 126. The summed E-state index contributed by atoms with van der Waals surface area (Å²) in [4.78, 5) is 0. The molecular formula is H36N6O18W3. The van der Waals surface area contributed by atoms with Crippen molar-refractivity contribution in [2.75, 3.05) is 0 Å². The summed E-state index contributed by atoms with van der Waals surface area (Å²) in [5, 5.41) is 0. The molecule has 0 aliphatic heterocycles. The molecule has 0 aromatic heterocycles. The third-order valence-corrected chi connectivity index (χ3v) is 0. The van der Waals surface area contributed by atoms with E-state index in [9.17, 15) is 0 Å². The van der Waals surface area contributed by atoms with Crippen LogP contribution in [0.1, 0.15) is 0 Å². The Bertz CT molecular complexity index is 354. The van der Waals surface area contributed by atoms with Gasteiger partial charge in [0.2, 0.25) is 0 Å². The second-order valence-electron chi connectivity index (χ2n) is 1.22. The van der Waals surface area contributed by atoms with Crippen LogP contribution < -0.4 is 59.5 Å². The van der Waals surface area contributed by atoms with Crippen molar-refractivity contribution in [1.82, 2.24) is 36.9 Å². The van der Waals surface area contributed by atoms with Crippen molar-refractivity contribution >= 4 is 0 Å². The van der Waals surface area contributed by atoms with Gasteiger partial charge in [-0.15, -0.1) is 0 Å². The van der Waals surface area contributed by atoms with E-state index in [1.807, 2.05) is 0 Å². The van der Waals surface area contributed by atoms with Gasteiger partial charge in [-0.1, -0.05) is 0 Å². The van der Waals surface area contributed by atoms with E-state index >= 15 is 0 Å². The normalized spacial score (nSPS) is 6.44. The predicted octanol–water partition coefficient (Wildman–Crippen LogP) is -10.5. The van der Waals surface area contributed by atoms with Crippen molar-refractivity contribution in [2.45, 2.75) is 0 Å². The summed E-state index contributed by atoms with van der Waals surface area (Å²) in [6.07, 6.45) is 0. The Hall–Kier alpha value is 0.145. The maximum absolute atomic E-state index is 8.65. The SMILES string of the molecule is O.O.O.O.O.O.[NH4+].[NH4+].[NH4+].[NH4+].[NH4+].[NH4+].[O]=[W](=[O])([O-])[O-].[O]=[W](=[O])([O-])[O-].[O]=[W](=[O])([O-])[O-]. The molecule has 36 N–H and O–H groups in total.